The van der Waals surface area contributed by atoms with Crippen molar-refractivity contribution in [3.8, 4) is 0 Å². The molecule has 11 heteroatoms. The monoisotopic (exact) mass is 574 g/mol. The molecule has 3 N–H and O–H groups in total. The van der Waals surface area contributed by atoms with Gasteiger partial charge < -0.3 is 25.3 Å². The SMILES string of the molecule is CCSCC1CN(c2ccc(C(C)C)c3cc(Nc4ccnc(N5CCCC(F)(F)C5)n4)ncc23)C1.OCCO. The van der Waals surface area contributed by atoms with Crippen molar-refractivity contribution < 1.29 is 19.0 Å². The third-order valence-corrected chi connectivity index (χ3v) is 8.18. The first-order valence-corrected chi connectivity index (χ1v) is 15.1. The van der Waals surface area contributed by atoms with Crippen molar-refractivity contribution in [1.82, 2.24) is 15.0 Å². The van der Waals surface area contributed by atoms with Crippen LogP contribution in [0.4, 0.5) is 32.1 Å². The number of thioether (sulfide) groups is 1. The smallest absolute Gasteiger partial charge is 0.265 e. The zero-order valence-corrected chi connectivity index (χ0v) is 24.3. The van der Waals surface area contributed by atoms with Crippen molar-refractivity contribution >= 4 is 45.8 Å². The van der Waals surface area contributed by atoms with Gasteiger partial charge in [-0.1, -0.05) is 26.8 Å². The summed E-state index contributed by atoms with van der Waals surface area (Å²) in [4.78, 5) is 17.5. The van der Waals surface area contributed by atoms with Gasteiger partial charge in [0.15, 0.2) is 0 Å². The van der Waals surface area contributed by atoms with Gasteiger partial charge >= 0.3 is 0 Å². The van der Waals surface area contributed by atoms with Gasteiger partial charge in [-0.05, 0) is 53.0 Å². The summed E-state index contributed by atoms with van der Waals surface area (Å²) >= 11 is 2.01. The first-order chi connectivity index (χ1) is 19.2. The molecule has 2 aromatic heterocycles. The summed E-state index contributed by atoms with van der Waals surface area (Å²) < 4.78 is 27.8. The first kappa shape index (κ1) is 30.2. The molecule has 8 nitrogen and oxygen atoms in total. The van der Waals surface area contributed by atoms with Crippen molar-refractivity contribution in [1.29, 1.82) is 0 Å². The molecular formula is C29H40F2N6O2S. The van der Waals surface area contributed by atoms with E-state index in [1.807, 2.05) is 18.0 Å². The molecule has 1 aromatic carbocycles. The van der Waals surface area contributed by atoms with Crippen molar-refractivity contribution in [2.75, 3.05) is 66.0 Å². The quantitative estimate of drug-likeness (QED) is 0.315. The Balaban J connectivity index is 0.000000867. The van der Waals surface area contributed by atoms with Crippen LogP contribution in [0.2, 0.25) is 0 Å². The van der Waals surface area contributed by atoms with E-state index in [-0.39, 0.29) is 26.2 Å². The Labute approximate surface area is 239 Å². The van der Waals surface area contributed by atoms with E-state index >= 15 is 0 Å². The number of aromatic nitrogens is 3. The number of nitrogens with one attached hydrogen (secondary N) is 1. The number of hydrogen-bond acceptors (Lipinski definition) is 9. The second-order valence-electron chi connectivity index (χ2n) is 10.6. The van der Waals surface area contributed by atoms with Gasteiger partial charge in [-0.2, -0.15) is 16.7 Å². The minimum absolute atomic E-state index is 0.0849. The second-order valence-corrected chi connectivity index (χ2v) is 11.9. The number of anilines is 4. The number of rotatable bonds is 9. The molecule has 4 heterocycles. The Morgan fingerprint density at radius 3 is 2.52 bits per heavy atom. The van der Waals surface area contributed by atoms with Crippen LogP contribution >= 0.6 is 11.8 Å². The van der Waals surface area contributed by atoms with Gasteiger partial charge in [0.25, 0.3) is 5.92 Å². The Kier molecular flexibility index (Phi) is 10.4. The molecule has 0 aliphatic carbocycles. The highest BCUT2D eigenvalue weighted by Crippen LogP contribution is 2.37. The van der Waals surface area contributed by atoms with E-state index in [0.717, 1.165) is 24.4 Å². The first-order valence-electron chi connectivity index (χ1n) is 13.9. The van der Waals surface area contributed by atoms with Crippen molar-refractivity contribution in [3.63, 3.8) is 0 Å². The lowest BCUT2D eigenvalue weighted by Crippen LogP contribution is -2.48. The van der Waals surface area contributed by atoms with Gasteiger partial charge in [0, 0.05) is 55.4 Å². The maximum atomic E-state index is 13.9. The minimum Gasteiger partial charge on any atom is -0.394 e. The number of aliphatic hydroxyl groups excluding tert-OH is 2. The summed E-state index contributed by atoms with van der Waals surface area (Å²) in [5.74, 6) is 2.33. The van der Waals surface area contributed by atoms with Crippen molar-refractivity contribution in [2.24, 2.45) is 5.92 Å². The molecule has 5 rings (SSSR count). The summed E-state index contributed by atoms with van der Waals surface area (Å²) in [6, 6.07) is 8.29. The number of pyridine rings is 1. The summed E-state index contributed by atoms with van der Waals surface area (Å²) in [7, 11) is 0. The molecule has 2 aliphatic heterocycles. The van der Waals surface area contributed by atoms with Gasteiger partial charge in [-0.25, -0.2) is 18.7 Å². The van der Waals surface area contributed by atoms with Crippen LogP contribution in [0.15, 0.2) is 36.7 Å². The Hall–Kier alpha value is -2.76. The molecule has 218 valence electrons. The highest BCUT2D eigenvalue weighted by molar-refractivity contribution is 7.99. The Bertz CT molecular complexity index is 1260. The van der Waals surface area contributed by atoms with E-state index < -0.39 is 5.92 Å². The zero-order chi connectivity index (χ0) is 28.7. The van der Waals surface area contributed by atoms with E-state index in [1.54, 1.807) is 17.2 Å². The normalized spacial score (nSPS) is 17.0. The lowest BCUT2D eigenvalue weighted by atomic mass is 9.93. The van der Waals surface area contributed by atoms with E-state index in [0.29, 0.717) is 36.5 Å². The maximum absolute atomic E-state index is 13.9. The number of alkyl halides is 2. The molecule has 0 atom stereocenters. The fourth-order valence-electron chi connectivity index (χ4n) is 5.09. The highest BCUT2D eigenvalue weighted by atomic mass is 32.2. The fourth-order valence-corrected chi connectivity index (χ4v) is 5.87. The fraction of sp³-hybridized carbons (Fsp3) is 0.552. The maximum Gasteiger partial charge on any atom is 0.265 e. The number of halogens is 2. The van der Waals surface area contributed by atoms with Gasteiger partial charge in [0.05, 0.1) is 19.8 Å². The molecule has 0 saturated carbocycles. The molecule has 2 fully saturated rings. The average molecular weight is 575 g/mol. The standard InChI is InChI=1S/C27H34F2N6S.C2H6O2/c1-4-36-16-19-14-35(15-19)23-7-6-20(18(2)3)21-12-25(31-13-22(21)23)32-24-8-10-30-26(33-24)34-11-5-9-27(28,29)17-34;3-1-2-4/h6-8,10,12-13,18-19H,4-5,9,11,14-17H2,1-3H3,(H,30,31,32,33);3-4H,1-2H2. The third-order valence-electron chi connectivity index (χ3n) is 7.06. The Morgan fingerprint density at radius 1 is 1.07 bits per heavy atom. The molecular weight excluding hydrogens is 534 g/mol. The summed E-state index contributed by atoms with van der Waals surface area (Å²) in [6.07, 6.45) is 3.89. The zero-order valence-electron chi connectivity index (χ0n) is 23.5. The highest BCUT2D eigenvalue weighted by Gasteiger charge is 2.36. The predicted octanol–water partition coefficient (Wildman–Crippen LogP) is 5.29. The number of benzene rings is 1. The van der Waals surface area contributed by atoms with E-state index in [4.69, 9.17) is 15.2 Å². The van der Waals surface area contributed by atoms with Crippen LogP contribution in [-0.2, 0) is 0 Å². The minimum atomic E-state index is -2.71. The summed E-state index contributed by atoms with van der Waals surface area (Å²) in [5, 5.41) is 20.9. The van der Waals surface area contributed by atoms with Crippen LogP contribution in [-0.4, -0.2) is 82.0 Å². The molecule has 2 aliphatic rings. The molecule has 0 radical (unpaired) electrons. The van der Waals surface area contributed by atoms with Crippen LogP contribution < -0.4 is 15.1 Å². The average Bonchev–Trinajstić information content (AvgIpc) is 2.91. The molecule has 40 heavy (non-hydrogen) atoms. The van der Waals surface area contributed by atoms with E-state index in [2.05, 4.69) is 59.2 Å². The molecule has 3 aromatic rings. The lowest BCUT2D eigenvalue weighted by Gasteiger charge is -2.41. The van der Waals surface area contributed by atoms with E-state index in [9.17, 15) is 8.78 Å². The number of fused-ring (bicyclic) bond motifs is 1. The van der Waals surface area contributed by atoms with Gasteiger partial charge in [0.1, 0.15) is 11.6 Å². The van der Waals surface area contributed by atoms with Crippen LogP contribution in [0.5, 0.6) is 0 Å². The van der Waals surface area contributed by atoms with Gasteiger partial charge in [-0.3, -0.25) is 0 Å². The molecule has 0 amide bonds. The molecule has 0 unspecified atom stereocenters. The number of nitrogens with zero attached hydrogens (tertiary/aromatic N) is 5. The number of hydrogen-bond donors (Lipinski definition) is 3. The second kappa shape index (κ2) is 13.7. The van der Waals surface area contributed by atoms with E-state index in [1.165, 1.54) is 28.1 Å². The third kappa shape index (κ3) is 7.50. The van der Waals surface area contributed by atoms with Gasteiger partial charge in [-0.15, -0.1) is 0 Å². The molecule has 2 saturated heterocycles. The number of aliphatic hydroxyl groups is 2. The van der Waals surface area contributed by atoms with Crippen LogP contribution in [0.3, 0.4) is 0 Å². The largest absolute Gasteiger partial charge is 0.394 e. The summed E-state index contributed by atoms with van der Waals surface area (Å²) in [5.41, 5.74) is 2.51. The summed E-state index contributed by atoms with van der Waals surface area (Å²) in [6.45, 7) is 8.72. The van der Waals surface area contributed by atoms with Crippen LogP contribution in [0.25, 0.3) is 10.8 Å². The topological polar surface area (TPSA) is 97.6 Å². The van der Waals surface area contributed by atoms with Crippen molar-refractivity contribution in [3.05, 3.63) is 42.2 Å². The van der Waals surface area contributed by atoms with Gasteiger partial charge in [0.2, 0.25) is 5.95 Å². The lowest BCUT2D eigenvalue weighted by molar-refractivity contribution is -0.0120. The molecule has 0 bridgehead atoms. The van der Waals surface area contributed by atoms with Crippen molar-refractivity contribution in [2.45, 2.75) is 45.5 Å². The van der Waals surface area contributed by atoms with Crippen LogP contribution in [0.1, 0.15) is 45.1 Å². The molecule has 0 spiro atoms. The predicted molar refractivity (Wildman–Crippen MR) is 160 cm³/mol. The van der Waals surface area contributed by atoms with Crippen LogP contribution in [0, 0.1) is 5.92 Å². The Morgan fingerprint density at radius 2 is 1.85 bits per heavy atom. The number of piperidine rings is 1.